The molecule has 0 radical (unpaired) electrons. The molecule has 1 saturated heterocycles. The Kier molecular flexibility index (Phi) is 13.9. The third-order valence-corrected chi connectivity index (χ3v) is 5.75. The van der Waals surface area contributed by atoms with E-state index in [0.29, 0.717) is 19.3 Å². The number of hydrogen-bond acceptors (Lipinski definition) is 5. The first-order chi connectivity index (χ1) is 16.6. The summed E-state index contributed by atoms with van der Waals surface area (Å²) in [6.07, 6.45) is 25.5. The molecule has 0 spiro atoms. The van der Waals surface area contributed by atoms with Gasteiger partial charge in [-0.3, -0.25) is 9.36 Å². The van der Waals surface area contributed by atoms with E-state index in [0.717, 1.165) is 44.9 Å². The van der Waals surface area contributed by atoms with Crippen molar-refractivity contribution in [2.24, 2.45) is 0 Å². The molecule has 1 unspecified atom stereocenters. The number of aliphatic hydroxyl groups is 1. The van der Waals surface area contributed by atoms with Crippen LogP contribution in [0.25, 0.3) is 0 Å². The summed E-state index contributed by atoms with van der Waals surface area (Å²) in [4.78, 5) is 28.4. The molecule has 0 aromatic carbocycles. The van der Waals surface area contributed by atoms with Crippen LogP contribution in [0.15, 0.2) is 53.5 Å². The first kappa shape index (κ1) is 27.7. The lowest BCUT2D eigenvalue weighted by atomic mass is 10.1. The van der Waals surface area contributed by atoms with E-state index in [1.54, 1.807) is 12.3 Å². The van der Waals surface area contributed by atoms with Crippen LogP contribution in [0.2, 0.25) is 0 Å². The molecule has 1 aliphatic heterocycles. The summed E-state index contributed by atoms with van der Waals surface area (Å²) in [5.41, 5.74) is -0.462. The van der Waals surface area contributed by atoms with Gasteiger partial charge in [0.25, 0.3) is 0 Å². The molecule has 0 aliphatic carbocycles. The van der Waals surface area contributed by atoms with Crippen molar-refractivity contribution in [2.75, 3.05) is 11.9 Å². The number of nitrogens with one attached hydrogen (secondary N) is 1. The number of aliphatic hydroxyl groups excluding tert-OH is 1. The van der Waals surface area contributed by atoms with Crippen LogP contribution in [0, 0.1) is 0 Å². The Bertz CT molecular complexity index is 860. The van der Waals surface area contributed by atoms with E-state index in [4.69, 9.17) is 9.84 Å². The molecule has 1 fully saturated rings. The highest BCUT2D eigenvalue weighted by molar-refractivity contribution is 5.89. The highest BCUT2D eigenvalue weighted by atomic mass is 16.5. The van der Waals surface area contributed by atoms with Crippen molar-refractivity contribution in [2.45, 2.75) is 96.3 Å². The summed E-state index contributed by atoms with van der Waals surface area (Å²) in [5, 5.41) is 11.9. The number of hydrogen-bond donors (Lipinski definition) is 2. The predicted molar refractivity (Wildman–Crippen MR) is 137 cm³/mol. The molecule has 0 saturated carbocycles. The average Bonchev–Trinajstić information content (AvgIpc) is 3.30. The van der Waals surface area contributed by atoms with Gasteiger partial charge in [-0.25, -0.2) is 4.79 Å². The van der Waals surface area contributed by atoms with Crippen LogP contribution in [0.1, 0.15) is 90.2 Å². The third kappa shape index (κ3) is 11.1. The molecule has 2 rings (SSSR count). The number of amides is 1. The average molecular weight is 472 g/mol. The zero-order chi connectivity index (χ0) is 24.4. The molecule has 1 aliphatic rings. The Labute approximate surface area is 203 Å². The van der Waals surface area contributed by atoms with E-state index < -0.39 is 11.9 Å². The summed E-state index contributed by atoms with van der Waals surface area (Å²) in [6, 6.07) is 1.61. The van der Waals surface area contributed by atoms with Crippen molar-refractivity contribution in [1.29, 1.82) is 0 Å². The topological polar surface area (TPSA) is 93.5 Å². The zero-order valence-corrected chi connectivity index (χ0v) is 20.5. The van der Waals surface area contributed by atoms with Crippen LogP contribution in [0.4, 0.5) is 5.82 Å². The van der Waals surface area contributed by atoms with Crippen LogP contribution in [-0.2, 0) is 9.53 Å². The quantitative estimate of drug-likeness (QED) is 0.247. The van der Waals surface area contributed by atoms with E-state index in [1.165, 1.54) is 17.4 Å². The monoisotopic (exact) mass is 471 g/mol. The lowest BCUT2D eigenvalue weighted by Gasteiger charge is -2.15. The summed E-state index contributed by atoms with van der Waals surface area (Å²) < 4.78 is 7.02. The lowest BCUT2D eigenvalue weighted by Crippen LogP contribution is -2.28. The van der Waals surface area contributed by atoms with Gasteiger partial charge >= 0.3 is 5.69 Å². The van der Waals surface area contributed by atoms with Crippen LogP contribution < -0.4 is 11.0 Å². The van der Waals surface area contributed by atoms with Crippen molar-refractivity contribution >= 4 is 11.7 Å². The Morgan fingerprint density at radius 2 is 1.79 bits per heavy atom. The number of nitrogens with zero attached hydrogens (tertiary/aromatic N) is 2. The summed E-state index contributed by atoms with van der Waals surface area (Å²) in [5.74, 6) is 0.144. The van der Waals surface area contributed by atoms with Gasteiger partial charge < -0.3 is 15.2 Å². The van der Waals surface area contributed by atoms with Crippen molar-refractivity contribution in [3.63, 3.8) is 0 Å². The van der Waals surface area contributed by atoms with Crippen molar-refractivity contribution in [1.82, 2.24) is 9.55 Å². The second kappa shape index (κ2) is 17.0. The Hall–Kier alpha value is -2.51. The highest BCUT2D eigenvalue weighted by Gasteiger charge is 2.26. The number of carbonyl (C=O) groups excluding carboxylic acids is 1. The lowest BCUT2D eigenvalue weighted by molar-refractivity contribution is -0.116. The molecule has 34 heavy (non-hydrogen) atoms. The van der Waals surface area contributed by atoms with Crippen molar-refractivity contribution in [3.05, 3.63) is 59.2 Å². The minimum absolute atomic E-state index is 0.0562. The van der Waals surface area contributed by atoms with Crippen LogP contribution in [0.3, 0.4) is 0 Å². The van der Waals surface area contributed by atoms with Gasteiger partial charge in [0.15, 0.2) is 0 Å². The SMILES string of the molecule is CC/C=C\C/C=C\C/C=C\CCCCCCCC(=O)Nc1ccn(C2CC[C@@H](CO)O2)c(=O)n1. The fraction of sp³-hybridized carbons (Fsp3) is 0.593. The van der Waals surface area contributed by atoms with Crippen LogP contribution in [-0.4, -0.2) is 33.3 Å². The molecule has 7 heteroatoms. The standard InChI is InChI=1S/C27H41N3O4/c1-2-3-4-5-6-7-8-9-10-11-12-13-14-15-16-17-25(32)28-24-20-21-30(27(33)29-24)26-19-18-23(22-31)34-26/h3-4,6-7,9-10,20-21,23,26,31H,2,5,8,11-19,22H2,1H3,(H,28,29,32,33)/b4-3-,7-6-,10-9-/t23-,26?/m0/s1. The minimum Gasteiger partial charge on any atom is -0.394 e. The van der Waals surface area contributed by atoms with E-state index in [-0.39, 0.29) is 24.4 Å². The molecule has 2 atom stereocenters. The smallest absolute Gasteiger partial charge is 0.351 e. The molecule has 0 bridgehead atoms. The van der Waals surface area contributed by atoms with Gasteiger partial charge in [0.05, 0.1) is 12.7 Å². The van der Waals surface area contributed by atoms with E-state index >= 15 is 0 Å². The van der Waals surface area contributed by atoms with Gasteiger partial charge in [-0.1, -0.05) is 62.6 Å². The highest BCUT2D eigenvalue weighted by Crippen LogP contribution is 2.26. The van der Waals surface area contributed by atoms with Crippen LogP contribution >= 0.6 is 0 Å². The molecule has 1 aromatic rings. The third-order valence-electron chi connectivity index (χ3n) is 5.75. The first-order valence-corrected chi connectivity index (χ1v) is 12.7. The Morgan fingerprint density at radius 1 is 1.09 bits per heavy atom. The largest absolute Gasteiger partial charge is 0.394 e. The molecular weight excluding hydrogens is 430 g/mol. The maximum Gasteiger partial charge on any atom is 0.351 e. The van der Waals surface area contributed by atoms with E-state index in [2.05, 4.69) is 53.7 Å². The fourth-order valence-electron chi connectivity index (χ4n) is 3.84. The molecule has 7 nitrogen and oxygen atoms in total. The number of aromatic nitrogens is 2. The summed E-state index contributed by atoms with van der Waals surface area (Å²) in [7, 11) is 0. The maximum atomic E-state index is 12.3. The molecule has 1 aromatic heterocycles. The zero-order valence-electron chi connectivity index (χ0n) is 20.5. The number of rotatable bonds is 16. The number of anilines is 1. The van der Waals surface area contributed by atoms with Crippen molar-refractivity contribution in [3.8, 4) is 0 Å². The number of allylic oxidation sites excluding steroid dienone is 6. The first-order valence-electron chi connectivity index (χ1n) is 12.7. The minimum atomic E-state index is -0.462. The predicted octanol–water partition coefficient (Wildman–Crippen LogP) is 5.44. The van der Waals surface area contributed by atoms with Gasteiger partial charge in [0, 0.05) is 12.6 Å². The number of unbranched alkanes of at least 4 members (excludes halogenated alkanes) is 5. The van der Waals surface area contributed by atoms with Crippen LogP contribution in [0.5, 0.6) is 0 Å². The second-order valence-corrected chi connectivity index (χ2v) is 8.62. The van der Waals surface area contributed by atoms with Gasteiger partial charge in [-0.2, -0.15) is 4.98 Å². The molecule has 2 N–H and O–H groups in total. The molecule has 1 amide bonds. The number of ether oxygens (including phenoxy) is 1. The normalized spacial score (nSPS) is 18.5. The Balaban J connectivity index is 1.52. The van der Waals surface area contributed by atoms with Gasteiger partial charge in [0.2, 0.25) is 5.91 Å². The maximum absolute atomic E-state index is 12.3. The molecular formula is C27H41N3O4. The van der Waals surface area contributed by atoms with Gasteiger partial charge in [-0.05, 0) is 57.4 Å². The summed E-state index contributed by atoms with van der Waals surface area (Å²) in [6.45, 7) is 2.09. The van der Waals surface area contributed by atoms with E-state index in [1.807, 2.05) is 0 Å². The Morgan fingerprint density at radius 3 is 2.50 bits per heavy atom. The van der Waals surface area contributed by atoms with Gasteiger partial charge in [-0.15, -0.1) is 0 Å². The van der Waals surface area contributed by atoms with Gasteiger partial charge in [0.1, 0.15) is 12.0 Å². The summed E-state index contributed by atoms with van der Waals surface area (Å²) >= 11 is 0. The van der Waals surface area contributed by atoms with E-state index in [9.17, 15) is 9.59 Å². The molecule has 188 valence electrons. The van der Waals surface area contributed by atoms with Crippen molar-refractivity contribution < 1.29 is 14.6 Å². The molecule has 2 heterocycles. The second-order valence-electron chi connectivity index (χ2n) is 8.62. The fourth-order valence-corrected chi connectivity index (χ4v) is 3.84. The number of carbonyl (C=O) groups is 1.